The fourth-order valence-electron chi connectivity index (χ4n) is 2.19. The molecule has 0 saturated carbocycles. The van der Waals surface area contributed by atoms with E-state index in [2.05, 4.69) is 37.8 Å². The largest absolute Gasteiger partial charge is 0.399 e. The van der Waals surface area contributed by atoms with Crippen LogP contribution < -0.4 is 5.73 Å². The van der Waals surface area contributed by atoms with E-state index in [0.717, 1.165) is 12.2 Å². The van der Waals surface area contributed by atoms with Crippen LogP contribution in [0.15, 0.2) is 24.3 Å². The second-order valence-electron chi connectivity index (χ2n) is 5.37. The van der Waals surface area contributed by atoms with Gasteiger partial charge in [0.25, 0.3) is 0 Å². The molecule has 0 fully saturated rings. The predicted octanol–water partition coefficient (Wildman–Crippen LogP) is 4.06. The van der Waals surface area contributed by atoms with Crippen molar-refractivity contribution in [1.82, 2.24) is 4.90 Å². The topological polar surface area (TPSA) is 29.3 Å². The Bertz CT molecular complexity index is 334. The third-order valence-electron chi connectivity index (χ3n) is 3.37. The summed E-state index contributed by atoms with van der Waals surface area (Å²) in [5, 5.41) is 0. The van der Waals surface area contributed by atoms with Crippen LogP contribution in [0.4, 0.5) is 5.69 Å². The zero-order chi connectivity index (χ0) is 13.4. The van der Waals surface area contributed by atoms with E-state index in [1.807, 2.05) is 12.1 Å². The maximum absolute atomic E-state index is 5.83. The maximum Gasteiger partial charge on any atom is 0.0317 e. The fourth-order valence-corrected chi connectivity index (χ4v) is 2.19. The van der Waals surface area contributed by atoms with Gasteiger partial charge in [0, 0.05) is 18.3 Å². The molecule has 0 atom stereocenters. The molecule has 0 aliphatic carbocycles. The highest BCUT2D eigenvalue weighted by Crippen LogP contribution is 2.13. The lowest BCUT2D eigenvalue weighted by Gasteiger charge is -2.26. The molecule has 0 aromatic heterocycles. The van der Waals surface area contributed by atoms with Crippen LogP contribution in [-0.4, -0.2) is 17.5 Å². The standard InChI is InChI=1S/C16H28N2/c1-4-5-6-7-11-18(14(2)3)13-15-9-8-10-16(17)12-15/h8-10,12,14H,4-7,11,13,17H2,1-3H3. The average Bonchev–Trinajstić information content (AvgIpc) is 2.33. The summed E-state index contributed by atoms with van der Waals surface area (Å²) in [5.74, 6) is 0. The van der Waals surface area contributed by atoms with Crippen molar-refractivity contribution in [2.75, 3.05) is 12.3 Å². The zero-order valence-electron chi connectivity index (χ0n) is 12.2. The molecule has 0 heterocycles. The second-order valence-corrected chi connectivity index (χ2v) is 5.37. The van der Waals surface area contributed by atoms with E-state index in [-0.39, 0.29) is 0 Å². The molecule has 0 saturated heterocycles. The number of hydrogen-bond acceptors (Lipinski definition) is 2. The van der Waals surface area contributed by atoms with Crippen LogP contribution >= 0.6 is 0 Å². The molecule has 102 valence electrons. The highest BCUT2D eigenvalue weighted by molar-refractivity contribution is 5.40. The Kier molecular flexibility index (Phi) is 6.81. The number of nitrogen functional groups attached to an aromatic ring is 1. The number of hydrogen-bond donors (Lipinski definition) is 1. The molecule has 2 N–H and O–H groups in total. The minimum atomic E-state index is 0.591. The monoisotopic (exact) mass is 248 g/mol. The van der Waals surface area contributed by atoms with E-state index in [0.29, 0.717) is 6.04 Å². The van der Waals surface area contributed by atoms with E-state index in [4.69, 9.17) is 5.73 Å². The maximum atomic E-state index is 5.83. The van der Waals surface area contributed by atoms with Crippen molar-refractivity contribution < 1.29 is 0 Å². The summed E-state index contributed by atoms with van der Waals surface area (Å²) in [6, 6.07) is 8.83. The zero-order valence-corrected chi connectivity index (χ0v) is 12.2. The predicted molar refractivity (Wildman–Crippen MR) is 80.5 cm³/mol. The first-order valence-corrected chi connectivity index (χ1v) is 7.22. The quantitative estimate of drug-likeness (QED) is 0.555. The van der Waals surface area contributed by atoms with E-state index < -0.39 is 0 Å². The molecular formula is C16H28N2. The first-order valence-electron chi connectivity index (χ1n) is 7.22. The summed E-state index contributed by atoms with van der Waals surface area (Å²) < 4.78 is 0. The van der Waals surface area contributed by atoms with Crippen molar-refractivity contribution >= 4 is 5.69 Å². The van der Waals surface area contributed by atoms with Gasteiger partial charge in [0.15, 0.2) is 0 Å². The molecule has 2 nitrogen and oxygen atoms in total. The summed E-state index contributed by atoms with van der Waals surface area (Å²) in [7, 11) is 0. The first kappa shape index (κ1) is 15.0. The summed E-state index contributed by atoms with van der Waals surface area (Å²) >= 11 is 0. The third-order valence-corrected chi connectivity index (χ3v) is 3.37. The summed E-state index contributed by atoms with van der Waals surface area (Å²) in [5.41, 5.74) is 8.01. The average molecular weight is 248 g/mol. The number of unbranched alkanes of at least 4 members (excludes halogenated alkanes) is 3. The normalized spacial score (nSPS) is 11.4. The van der Waals surface area contributed by atoms with E-state index in [9.17, 15) is 0 Å². The van der Waals surface area contributed by atoms with E-state index in [1.165, 1.54) is 37.8 Å². The van der Waals surface area contributed by atoms with Crippen molar-refractivity contribution in [1.29, 1.82) is 0 Å². The van der Waals surface area contributed by atoms with Crippen molar-refractivity contribution in [3.8, 4) is 0 Å². The molecule has 0 unspecified atom stereocenters. The lowest BCUT2D eigenvalue weighted by molar-refractivity contribution is 0.208. The summed E-state index contributed by atoms with van der Waals surface area (Å²) in [6.45, 7) is 8.99. The number of benzene rings is 1. The van der Waals surface area contributed by atoms with Gasteiger partial charge in [-0.05, 0) is 44.5 Å². The highest BCUT2D eigenvalue weighted by atomic mass is 15.1. The van der Waals surface area contributed by atoms with Crippen LogP contribution in [0.2, 0.25) is 0 Å². The first-order chi connectivity index (χ1) is 8.63. The molecule has 0 aliphatic heterocycles. The highest BCUT2D eigenvalue weighted by Gasteiger charge is 2.09. The van der Waals surface area contributed by atoms with Crippen molar-refractivity contribution in [2.45, 2.75) is 59.0 Å². The van der Waals surface area contributed by atoms with Crippen molar-refractivity contribution in [3.63, 3.8) is 0 Å². The Hall–Kier alpha value is -1.02. The smallest absolute Gasteiger partial charge is 0.0317 e. The van der Waals surface area contributed by atoms with Crippen LogP contribution in [0.25, 0.3) is 0 Å². The molecule has 2 heteroatoms. The van der Waals surface area contributed by atoms with Gasteiger partial charge in [-0.3, -0.25) is 4.90 Å². The molecule has 0 radical (unpaired) electrons. The summed E-state index contributed by atoms with van der Waals surface area (Å²) in [4.78, 5) is 2.53. The van der Waals surface area contributed by atoms with E-state index >= 15 is 0 Å². The lowest BCUT2D eigenvalue weighted by Crippen LogP contribution is -2.31. The Morgan fingerprint density at radius 1 is 1.17 bits per heavy atom. The Balaban J connectivity index is 2.47. The van der Waals surface area contributed by atoms with Crippen LogP contribution in [0, 0.1) is 0 Å². The number of nitrogens with zero attached hydrogens (tertiary/aromatic N) is 1. The lowest BCUT2D eigenvalue weighted by atomic mass is 10.1. The molecule has 0 aliphatic rings. The molecule has 1 aromatic carbocycles. The van der Waals surface area contributed by atoms with Gasteiger partial charge >= 0.3 is 0 Å². The van der Waals surface area contributed by atoms with Gasteiger partial charge in [0.05, 0.1) is 0 Å². The van der Waals surface area contributed by atoms with E-state index in [1.54, 1.807) is 0 Å². The van der Waals surface area contributed by atoms with Gasteiger partial charge in [-0.15, -0.1) is 0 Å². The van der Waals surface area contributed by atoms with Gasteiger partial charge in [-0.2, -0.15) is 0 Å². The number of rotatable bonds is 8. The van der Waals surface area contributed by atoms with Gasteiger partial charge in [-0.1, -0.05) is 38.3 Å². The van der Waals surface area contributed by atoms with Crippen molar-refractivity contribution in [3.05, 3.63) is 29.8 Å². The minimum absolute atomic E-state index is 0.591. The molecule has 1 aromatic rings. The molecular weight excluding hydrogens is 220 g/mol. The molecule has 0 amide bonds. The van der Waals surface area contributed by atoms with Gasteiger partial charge < -0.3 is 5.73 Å². The van der Waals surface area contributed by atoms with Gasteiger partial charge in [-0.25, -0.2) is 0 Å². The minimum Gasteiger partial charge on any atom is -0.399 e. The molecule has 0 bridgehead atoms. The Morgan fingerprint density at radius 2 is 1.94 bits per heavy atom. The van der Waals surface area contributed by atoms with Gasteiger partial charge in [0.1, 0.15) is 0 Å². The van der Waals surface area contributed by atoms with Crippen LogP contribution in [0.3, 0.4) is 0 Å². The van der Waals surface area contributed by atoms with Crippen LogP contribution in [0.1, 0.15) is 52.0 Å². The van der Waals surface area contributed by atoms with Crippen LogP contribution in [0.5, 0.6) is 0 Å². The molecule has 1 rings (SSSR count). The Morgan fingerprint density at radius 3 is 2.56 bits per heavy atom. The van der Waals surface area contributed by atoms with Gasteiger partial charge in [0.2, 0.25) is 0 Å². The fraction of sp³-hybridized carbons (Fsp3) is 0.625. The molecule has 18 heavy (non-hydrogen) atoms. The summed E-state index contributed by atoms with van der Waals surface area (Å²) in [6.07, 6.45) is 5.30. The Labute approximate surface area is 112 Å². The van der Waals surface area contributed by atoms with Crippen molar-refractivity contribution in [2.24, 2.45) is 0 Å². The SMILES string of the molecule is CCCCCCN(Cc1cccc(N)c1)C(C)C. The third kappa shape index (κ3) is 5.54. The number of anilines is 1. The second kappa shape index (κ2) is 8.15. The molecule has 0 spiro atoms. The number of nitrogens with two attached hydrogens (primary N) is 1. The van der Waals surface area contributed by atoms with Crippen LogP contribution in [-0.2, 0) is 6.54 Å².